The van der Waals surface area contributed by atoms with Crippen LogP contribution in [0.4, 0.5) is 0 Å². The third-order valence-corrected chi connectivity index (χ3v) is 5.89. The van der Waals surface area contributed by atoms with E-state index < -0.39 is 0 Å². The van der Waals surface area contributed by atoms with Gasteiger partial charge in [0.1, 0.15) is 5.76 Å². The van der Waals surface area contributed by atoms with Crippen LogP contribution in [0.25, 0.3) is 0 Å². The van der Waals surface area contributed by atoms with Crippen molar-refractivity contribution in [3.63, 3.8) is 0 Å². The van der Waals surface area contributed by atoms with Crippen molar-refractivity contribution in [2.75, 3.05) is 19.6 Å². The molecular weight excluding hydrogens is 330 g/mol. The second kappa shape index (κ2) is 7.80. The van der Waals surface area contributed by atoms with Crippen LogP contribution in [-0.4, -0.2) is 41.5 Å². The van der Waals surface area contributed by atoms with E-state index in [-0.39, 0.29) is 17.7 Å². The van der Waals surface area contributed by atoms with Crippen molar-refractivity contribution in [1.82, 2.24) is 15.4 Å². The first-order valence-electron chi connectivity index (χ1n) is 10.2. The fourth-order valence-electron chi connectivity index (χ4n) is 3.83. The van der Waals surface area contributed by atoms with E-state index >= 15 is 0 Å². The van der Waals surface area contributed by atoms with Crippen LogP contribution in [0.15, 0.2) is 10.6 Å². The third kappa shape index (κ3) is 4.65. The van der Waals surface area contributed by atoms with Gasteiger partial charge in [-0.3, -0.25) is 9.59 Å². The molecule has 142 valence electrons. The molecule has 1 saturated heterocycles. The monoisotopic (exact) mass is 359 g/mol. The van der Waals surface area contributed by atoms with Crippen LogP contribution in [0.3, 0.4) is 0 Å². The summed E-state index contributed by atoms with van der Waals surface area (Å²) >= 11 is 0. The predicted molar refractivity (Wildman–Crippen MR) is 96.5 cm³/mol. The molecule has 3 aliphatic rings. The van der Waals surface area contributed by atoms with Crippen molar-refractivity contribution in [1.29, 1.82) is 0 Å². The van der Waals surface area contributed by atoms with Crippen molar-refractivity contribution in [3.05, 3.63) is 17.5 Å². The number of carbonyl (C=O) groups is 2. The molecule has 6 nitrogen and oxygen atoms in total. The summed E-state index contributed by atoms with van der Waals surface area (Å²) in [5.74, 6) is 2.75. The van der Waals surface area contributed by atoms with Crippen molar-refractivity contribution >= 4 is 11.8 Å². The van der Waals surface area contributed by atoms with Gasteiger partial charge in [0.05, 0.1) is 12.1 Å². The lowest BCUT2D eigenvalue weighted by Gasteiger charge is -2.20. The van der Waals surface area contributed by atoms with Crippen LogP contribution < -0.4 is 5.32 Å². The minimum Gasteiger partial charge on any atom is -0.361 e. The maximum atomic E-state index is 12.6. The molecule has 6 heteroatoms. The Morgan fingerprint density at radius 1 is 1.15 bits per heavy atom. The van der Waals surface area contributed by atoms with Crippen LogP contribution in [0.5, 0.6) is 0 Å². The van der Waals surface area contributed by atoms with Gasteiger partial charge < -0.3 is 14.7 Å². The first kappa shape index (κ1) is 17.6. The van der Waals surface area contributed by atoms with Crippen LogP contribution in [0.1, 0.15) is 68.7 Å². The Balaban J connectivity index is 1.19. The molecule has 1 aromatic heterocycles. The molecule has 0 radical (unpaired) electrons. The molecule has 0 spiro atoms. The fraction of sp³-hybridized carbons (Fsp3) is 0.750. The number of amides is 2. The first-order valence-corrected chi connectivity index (χ1v) is 10.2. The molecule has 0 bridgehead atoms. The molecule has 1 aliphatic heterocycles. The second-order valence-electron chi connectivity index (χ2n) is 8.20. The van der Waals surface area contributed by atoms with Gasteiger partial charge in [-0.1, -0.05) is 5.16 Å². The highest BCUT2D eigenvalue weighted by Gasteiger charge is 2.30. The summed E-state index contributed by atoms with van der Waals surface area (Å²) < 4.78 is 5.35. The van der Waals surface area contributed by atoms with E-state index in [1.807, 2.05) is 11.0 Å². The molecule has 2 saturated carbocycles. The van der Waals surface area contributed by atoms with Gasteiger partial charge in [0.25, 0.3) is 0 Å². The van der Waals surface area contributed by atoms with Crippen LogP contribution in [0, 0.1) is 11.8 Å². The molecule has 2 heterocycles. The molecule has 1 N–H and O–H groups in total. The molecule has 0 aromatic carbocycles. The minimum absolute atomic E-state index is 0.156. The Morgan fingerprint density at radius 3 is 2.77 bits per heavy atom. The number of hydrogen-bond donors (Lipinski definition) is 1. The number of nitrogens with one attached hydrogen (secondary N) is 1. The second-order valence-corrected chi connectivity index (χ2v) is 8.20. The van der Waals surface area contributed by atoms with Gasteiger partial charge in [0.15, 0.2) is 0 Å². The average Bonchev–Trinajstić information content (AvgIpc) is 3.53. The van der Waals surface area contributed by atoms with E-state index in [9.17, 15) is 9.59 Å². The van der Waals surface area contributed by atoms with Crippen molar-refractivity contribution in [2.45, 2.75) is 63.7 Å². The summed E-state index contributed by atoms with van der Waals surface area (Å²) in [7, 11) is 0. The Labute approximate surface area is 154 Å². The number of aromatic nitrogens is 1. The molecule has 3 fully saturated rings. The van der Waals surface area contributed by atoms with Crippen molar-refractivity contribution in [3.8, 4) is 0 Å². The lowest BCUT2D eigenvalue weighted by molar-refractivity contribution is -0.130. The number of nitrogens with zero attached hydrogens (tertiary/aromatic N) is 2. The Bertz CT molecular complexity index is 648. The van der Waals surface area contributed by atoms with Crippen molar-refractivity contribution < 1.29 is 14.1 Å². The molecule has 1 unspecified atom stereocenters. The quantitative estimate of drug-likeness (QED) is 0.812. The SMILES string of the molecule is O=C(NCCC1CCCN(C(=O)Cc2cc(C3CC3)on2)CC1)C1CC1. The van der Waals surface area contributed by atoms with Gasteiger partial charge in [-0.15, -0.1) is 0 Å². The van der Waals surface area contributed by atoms with Gasteiger partial charge in [-0.2, -0.15) is 0 Å². The zero-order chi connectivity index (χ0) is 17.9. The summed E-state index contributed by atoms with van der Waals surface area (Å²) in [6, 6.07) is 1.96. The van der Waals surface area contributed by atoms with Crippen LogP contribution in [-0.2, 0) is 16.0 Å². The fourth-order valence-corrected chi connectivity index (χ4v) is 3.83. The van der Waals surface area contributed by atoms with Crippen molar-refractivity contribution in [2.24, 2.45) is 11.8 Å². The molecule has 1 aromatic rings. The van der Waals surface area contributed by atoms with E-state index in [0.29, 0.717) is 18.3 Å². The molecule has 26 heavy (non-hydrogen) atoms. The number of carbonyl (C=O) groups excluding carboxylic acids is 2. The standard InChI is InChI=1S/C20H29N3O3/c24-19(13-17-12-18(26-22-17)15-3-4-15)23-10-1-2-14(8-11-23)7-9-21-20(25)16-5-6-16/h12,14-16H,1-11,13H2,(H,21,25). The number of rotatable bonds is 7. The summed E-state index contributed by atoms with van der Waals surface area (Å²) in [5.41, 5.74) is 0.764. The van der Waals surface area contributed by atoms with Crippen LogP contribution in [0.2, 0.25) is 0 Å². The van der Waals surface area contributed by atoms with E-state index in [1.54, 1.807) is 0 Å². The van der Waals surface area contributed by atoms with Crippen LogP contribution >= 0.6 is 0 Å². The van der Waals surface area contributed by atoms with Gasteiger partial charge in [0.2, 0.25) is 11.8 Å². The molecule has 4 rings (SSSR count). The highest BCUT2D eigenvalue weighted by molar-refractivity contribution is 5.80. The summed E-state index contributed by atoms with van der Waals surface area (Å²) in [4.78, 5) is 26.3. The lowest BCUT2D eigenvalue weighted by atomic mass is 9.97. The predicted octanol–water partition coefficient (Wildman–Crippen LogP) is 2.64. The highest BCUT2D eigenvalue weighted by Crippen LogP contribution is 2.40. The normalized spacial score (nSPS) is 23.5. The minimum atomic E-state index is 0.156. The smallest absolute Gasteiger partial charge is 0.228 e. The van der Waals surface area contributed by atoms with E-state index in [2.05, 4.69) is 10.5 Å². The number of likely N-dealkylation sites (tertiary alicyclic amines) is 1. The van der Waals surface area contributed by atoms with E-state index in [4.69, 9.17) is 4.52 Å². The van der Waals surface area contributed by atoms with Gasteiger partial charge in [-0.25, -0.2) is 0 Å². The van der Waals surface area contributed by atoms with Gasteiger partial charge >= 0.3 is 0 Å². The Hall–Kier alpha value is -1.85. The lowest BCUT2D eigenvalue weighted by Crippen LogP contribution is -2.33. The highest BCUT2D eigenvalue weighted by atomic mass is 16.5. The molecule has 2 aliphatic carbocycles. The summed E-state index contributed by atoms with van der Waals surface area (Å²) in [6.45, 7) is 2.42. The molecule has 2 amide bonds. The maximum absolute atomic E-state index is 12.6. The molecule has 1 atom stereocenters. The zero-order valence-electron chi connectivity index (χ0n) is 15.4. The van der Waals surface area contributed by atoms with Gasteiger partial charge in [-0.05, 0) is 57.3 Å². The number of hydrogen-bond acceptors (Lipinski definition) is 4. The van der Waals surface area contributed by atoms with Gasteiger partial charge in [0, 0.05) is 37.5 Å². The maximum Gasteiger partial charge on any atom is 0.228 e. The van der Waals surface area contributed by atoms with E-state index in [0.717, 1.165) is 69.6 Å². The molecular formula is C20H29N3O3. The third-order valence-electron chi connectivity index (χ3n) is 5.89. The largest absolute Gasteiger partial charge is 0.361 e. The summed E-state index contributed by atoms with van der Waals surface area (Å²) in [5, 5.41) is 7.12. The van der Waals surface area contributed by atoms with E-state index in [1.165, 1.54) is 12.8 Å². The zero-order valence-corrected chi connectivity index (χ0v) is 15.4. The summed E-state index contributed by atoms with van der Waals surface area (Å²) in [6.07, 6.45) is 9.04. The topological polar surface area (TPSA) is 75.4 Å². The average molecular weight is 359 g/mol. The Kier molecular flexibility index (Phi) is 5.27. The Morgan fingerprint density at radius 2 is 2.00 bits per heavy atom. The first-order chi connectivity index (χ1) is 12.7.